The van der Waals surface area contributed by atoms with Gasteiger partial charge in [0, 0.05) is 19.3 Å². The van der Waals surface area contributed by atoms with Gasteiger partial charge in [0.15, 0.2) is 6.10 Å². The van der Waals surface area contributed by atoms with Gasteiger partial charge in [-0.15, -0.1) is 0 Å². The van der Waals surface area contributed by atoms with Gasteiger partial charge in [0.2, 0.25) is 0 Å². The van der Waals surface area contributed by atoms with Crippen molar-refractivity contribution in [3.05, 3.63) is 134 Å². The highest BCUT2D eigenvalue weighted by atomic mass is 16.6. The lowest BCUT2D eigenvalue weighted by Gasteiger charge is -2.18. The number of ether oxygens (including phenoxy) is 3. The van der Waals surface area contributed by atoms with Gasteiger partial charge < -0.3 is 14.2 Å². The maximum Gasteiger partial charge on any atom is 0.306 e. The molecule has 6 heteroatoms. The maximum absolute atomic E-state index is 12.9. The van der Waals surface area contributed by atoms with Crippen molar-refractivity contribution in [2.75, 3.05) is 13.2 Å². The standard InChI is InChI=1S/C75H124O6/c1-4-7-10-13-16-19-22-25-28-30-31-32-33-34-35-36-37-38-39-40-41-42-43-45-47-50-53-56-59-62-65-68-74(77)80-71-72(70-79-73(76)67-64-61-58-55-52-49-46-27-24-21-18-15-12-9-6-3)81-75(78)69-66-63-60-57-54-51-48-44-29-26-23-20-17-14-11-8-5-2/h7,10,16,18-19,21,25-29,31-32,34-35,37-38,40-41,43,45-46,72H,4-6,8-9,11-15,17,20,22-24,30,33,36,39,42,44,47-71H2,1-3H3/b10-7-,19-16-,21-18-,28-25-,29-26-,32-31-,35-34-,38-37-,41-40-,45-43-,46-27-. The van der Waals surface area contributed by atoms with Crippen LogP contribution in [0.2, 0.25) is 0 Å². The number of carbonyl (C=O) groups excluding carboxylic acids is 3. The van der Waals surface area contributed by atoms with Crippen molar-refractivity contribution in [1.82, 2.24) is 0 Å². The Labute approximate surface area is 500 Å². The average molecular weight is 1120 g/mol. The van der Waals surface area contributed by atoms with Crippen LogP contribution in [-0.4, -0.2) is 37.2 Å². The molecule has 0 aliphatic rings. The van der Waals surface area contributed by atoms with E-state index >= 15 is 0 Å². The number of hydrogen-bond donors (Lipinski definition) is 0. The van der Waals surface area contributed by atoms with Crippen molar-refractivity contribution in [1.29, 1.82) is 0 Å². The normalized spacial score (nSPS) is 13.0. The molecule has 0 rings (SSSR count). The molecule has 0 bridgehead atoms. The molecule has 0 radical (unpaired) electrons. The number of esters is 3. The van der Waals surface area contributed by atoms with Gasteiger partial charge in [-0.2, -0.15) is 0 Å². The SMILES string of the molecule is CC/C=C\C/C=C\C/C=C\C/C=C\C/C=C\C/C=C\C/C=C\C/C=C\CCCCCCCCC(=O)OCC(COC(=O)CCCCCCC/C=C\C/C=C\CCCCC)OC(=O)CCCCCCCCC/C=C\CCCCCCCC. The van der Waals surface area contributed by atoms with E-state index in [-0.39, 0.29) is 31.1 Å². The van der Waals surface area contributed by atoms with Gasteiger partial charge >= 0.3 is 17.9 Å². The Balaban J connectivity index is 4.37. The summed E-state index contributed by atoms with van der Waals surface area (Å²) in [4.78, 5) is 38.4. The molecule has 0 aliphatic heterocycles. The van der Waals surface area contributed by atoms with Gasteiger partial charge in [-0.1, -0.05) is 276 Å². The van der Waals surface area contributed by atoms with Crippen molar-refractivity contribution in [2.24, 2.45) is 0 Å². The van der Waals surface area contributed by atoms with Gasteiger partial charge in [0.1, 0.15) is 13.2 Å². The Morgan fingerprint density at radius 3 is 0.790 bits per heavy atom. The fourth-order valence-electron chi connectivity index (χ4n) is 9.07. The smallest absolute Gasteiger partial charge is 0.306 e. The molecule has 0 spiro atoms. The van der Waals surface area contributed by atoms with Crippen molar-refractivity contribution in [3.63, 3.8) is 0 Å². The molecule has 1 atom stereocenters. The van der Waals surface area contributed by atoms with Crippen LogP contribution in [0.3, 0.4) is 0 Å². The van der Waals surface area contributed by atoms with Crippen molar-refractivity contribution in [2.45, 2.75) is 309 Å². The lowest BCUT2D eigenvalue weighted by atomic mass is 10.1. The van der Waals surface area contributed by atoms with Gasteiger partial charge in [-0.25, -0.2) is 0 Å². The fraction of sp³-hybridized carbons (Fsp3) is 0.667. The minimum Gasteiger partial charge on any atom is -0.462 e. The van der Waals surface area contributed by atoms with Crippen LogP contribution in [-0.2, 0) is 28.6 Å². The van der Waals surface area contributed by atoms with E-state index in [1.54, 1.807) is 0 Å². The van der Waals surface area contributed by atoms with Crippen LogP contribution < -0.4 is 0 Å². The van der Waals surface area contributed by atoms with Crippen LogP contribution in [0.1, 0.15) is 303 Å². The maximum atomic E-state index is 12.9. The summed E-state index contributed by atoms with van der Waals surface area (Å²) in [6.45, 7) is 6.48. The fourth-order valence-corrected chi connectivity index (χ4v) is 9.07. The van der Waals surface area contributed by atoms with Crippen LogP contribution in [0.15, 0.2) is 134 Å². The lowest BCUT2D eigenvalue weighted by molar-refractivity contribution is -0.167. The van der Waals surface area contributed by atoms with E-state index in [2.05, 4.69) is 154 Å². The van der Waals surface area contributed by atoms with E-state index < -0.39 is 6.10 Å². The third-order valence-electron chi connectivity index (χ3n) is 14.1. The predicted octanol–water partition coefficient (Wildman–Crippen LogP) is 23.3. The van der Waals surface area contributed by atoms with E-state index in [4.69, 9.17) is 14.2 Å². The minimum absolute atomic E-state index is 0.0939. The summed E-state index contributed by atoms with van der Waals surface area (Å²) in [5.74, 6) is -0.921. The molecule has 0 heterocycles. The molecule has 0 amide bonds. The quantitative estimate of drug-likeness (QED) is 0.0261. The number of rotatable bonds is 60. The Kier molecular flexibility index (Phi) is 64.3. The summed E-state index contributed by atoms with van der Waals surface area (Å²) in [6, 6.07) is 0. The summed E-state index contributed by atoms with van der Waals surface area (Å²) >= 11 is 0. The first kappa shape index (κ1) is 76.5. The van der Waals surface area contributed by atoms with Gasteiger partial charge in [-0.3, -0.25) is 14.4 Å². The van der Waals surface area contributed by atoms with Crippen LogP contribution >= 0.6 is 0 Å². The van der Waals surface area contributed by atoms with Gasteiger partial charge in [0.05, 0.1) is 0 Å². The number of hydrogen-bond acceptors (Lipinski definition) is 6. The topological polar surface area (TPSA) is 78.9 Å². The summed E-state index contributed by atoms with van der Waals surface area (Å²) in [5, 5.41) is 0. The Morgan fingerprint density at radius 1 is 0.259 bits per heavy atom. The molecule has 1 unspecified atom stereocenters. The van der Waals surface area contributed by atoms with Crippen LogP contribution in [0.25, 0.3) is 0 Å². The number of unbranched alkanes of at least 4 members (excludes halogenated alkanes) is 27. The van der Waals surface area contributed by atoms with E-state index in [1.807, 2.05) is 0 Å². The average Bonchev–Trinajstić information content (AvgIpc) is 3.47. The van der Waals surface area contributed by atoms with Crippen molar-refractivity contribution < 1.29 is 28.6 Å². The first-order valence-electron chi connectivity index (χ1n) is 33.7. The molecule has 0 fully saturated rings. The van der Waals surface area contributed by atoms with Crippen LogP contribution in [0.4, 0.5) is 0 Å². The van der Waals surface area contributed by atoms with Gasteiger partial charge in [-0.05, 0) is 141 Å². The first-order chi connectivity index (χ1) is 40.0. The summed E-state index contributed by atoms with van der Waals surface area (Å²) in [5.41, 5.74) is 0. The molecule has 0 aliphatic carbocycles. The van der Waals surface area contributed by atoms with Crippen LogP contribution in [0.5, 0.6) is 0 Å². The summed E-state index contributed by atoms with van der Waals surface area (Å²) in [6.07, 6.45) is 96.0. The lowest BCUT2D eigenvalue weighted by Crippen LogP contribution is -2.30. The zero-order chi connectivity index (χ0) is 58.5. The second-order valence-electron chi connectivity index (χ2n) is 22.0. The minimum atomic E-state index is -0.798. The number of carbonyl (C=O) groups is 3. The molecule has 6 nitrogen and oxygen atoms in total. The molecule has 0 N–H and O–H groups in total. The second-order valence-corrected chi connectivity index (χ2v) is 22.0. The molecule has 0 aromatic carbocycles. The molecule has 0 saturated carbocycles. The zero-order valence-electron chi connectivity index (χ0n) is 52.8. The van der Waals surface area contributed by atoms with E-state index in [0.29, 0.717) is 19.3 Å². The third-order valence-corrected chi connectivity index (χ3v) is 14.1. The third kappa shape index (κ3) is 66.2. The molecule has 0 aromatic rings. The Morgan fingerprint density at radius 2 is 0.481 bits per heavy atom. The Bertz CT molecular complexity index is 1720. The highest BCUT2D eigenvalue weighted by Gasteiger charge is 2.19. The van der Waals surface area contributed by atoms with Gasteiger partial charge in [0.25, 0.3) is 0 Å². The number of allylic oxidation sites excluding steroid dienone is 22. The second kappa shape index (κ2) is 68.1. The molecule has 81 heavy (non-hydrogen) atoms. The van der Waals surface area contributed by atoms with E-state index in [1.165, 1.54) is 116 Å². The molecule has 460 valence electrons. The zero-order valence-corrected chi connectivity index (χ0v) is 52.8. The van der Waals surface area contributed by atoms with Crippen molar-refractivity contribution >= 4 is 17.9 Å². The first-order valence-corrected chi connectivity index (χ1v) is 33.7. The van der Waals surface area contributed by atoms with E-state index in [0.717, 1.165) is 148 Å². The molecular formula is C75H124O6. The highest BCUT2D eigenvalue weighted by molar-refractivity contribution is 5.71. The Hall–Kier alpha value is -4.45. The highest BCUT2D eigenvalue weighted by Crippen LogP contribution is 2.15. The molecular weight excluding hydrogens is 997 g/mol. The van der Waals surface area contributed by atoms with Crippen molar-refractivity contribution in [3.8, 4) is 0 Å². The largest absolute Gasteiger partial charge is 0.462 e. The molecule has 0 aromatic heterocycles. The predicted molar refractivity (Wildman–Crippen MR) is 353 cm³/mol. The molecule has 0 saturated heterocycles. The monoisotopic (exact) mass is 1120 g/mol. The summed E-state index contributed by atoms with van der Waals surface area (Å²) in [7, 11) is 0. The van der Waals surface area contributed by atoms with Crippen LogP contribution in [0, 0.1) is 0 Å². The summed E-state index contributed by atoms with van der Waals surface area (Å²) < 4.78 is 16.9. The van der Waals surface area contributed by atoms with E-state index in [9.17, 15) is 14.4 Å².